The number of hydrogen-bond donors (Lipinski definition) is 2. The Balaban J connectivity index is 0.00000261. The smallest absolute Gasteiger partial charge is 0.418 e. The number of nitrogens with two attached hydrogens (primary N) is 1. The largest absolute Gasteiger partial charge is 0.480 e. The molecule has 144 valence electrons. The number of rotatable bonds is 4. The highest BCUT2D eigenvalue weighted by Gasteiger charge is 2.36. The van der Waals surface area contributed by atoms with E-state index in [1.54, 1.807) is 6.20 Å². The van der Waals surface area contributed by atoms with Crippen LogP contribution in [-0.2, 0) is 17.4 Å². The number of fused-ring (bicyclic) bond motifs is 1. The van der Waals surface area contributed by atoms with Crippen molar-refractivity contribution in [2.24, 2.45) is 5.73 Å². The quantitative estimate of drug-likeness (QED) is 0.702. The van der Waals surface area contributed by atoms with Crippen LogP contribution in [-0.4, -0.2) is 31.5 Å². The molecule has 0 amide bonds. The number of aromatic nitrogens is 3. The number of aliphatic carboxylic acids is 1. The summed E-state index contributed by atoms with van der Waals surface area (Å²) in [6.07, 6.45) is -0.269. The van der Waals surface area contributed by atoms with Crippen molar-refractivity contribution in [3.05, 3.63) is 53.6 Å². The molecule has 3 aromatic rings. The van der Waals surface area contributed by atoms with Crippen molar-refractivity contribution in [1.29, 1.82) is 0 Å². The van der Waals surface area contributed by atoms with E-state index in [0.717, 1.165) is 0 Å². The SMILES string of the molecule is Cc1ccnc(-c2ccc(C[C@H](N)C(=O)O)n3ccnc23)c1C(F)(F)F.Cl. The molecule has 0 saturated carbocycles. The molecule has 3 aromatic heterocycles. The number of hydrogen-bond acceptors (Lipinski definition) is 4. The lowest BCUT2D eigenvalue weighted by molar-refractivity contribution is -0.139. The van der Waals surface area contributed by atoms with Crippen molar-refractivity contribution in [2.75, 3.05) is 0 Å². The van der Waals surface area contributed by atoms with Gasteiger partial charge in [0.05, 0.1) is 11.3 Å². The molecule has 0 unspecified atom stereocenters. The van der Waals surface area contributed by atoms with E-state index in [4.69, 9.17) is 10.8 Å². The second-order valence-electron chi connectivity index (χ2n) is 5.86. The molecular weight excluding hydrogens is 385 g/mol. The van der Waals surface area contributed by atoms with Crippen LogP contribution in [0, 0.1) is 6.92 Å². The van der Waals surface area contributed by atoms with Gasteiger partial charge in [-0.15, -0.1) is 12.4 Å². The zero-order valence-electron chi connectivity index (χ0n) is 14.1. The molecule has 27 heavy (non-hydrogen) atoms. The van der Waals surface area contributed by atoms with Crippen LogP contribution >= 0.6 is 12.4 Å². The molecule has 10 heteroatoms. The first-order chi connectivity index (χ1) is 12.2. The highest BCUT2D eigenvalue weighted by Crippen LogP contribution is 2.39. The zero-order valence-corrected chi connectivity index (χ0v) is 14.9. The summed E-state index contributed by atoms with van der Waals surface area (Å²) in [7, 11) is 0. The van der Waals surface area contributed by atoms with Crippen LogP contribution in [0.1, 0.15) is 16.8 Å². The van der Waals surface area contributed by atoms with Crippen LogP contribution in [0.2, 0.25) is 0 Å². The summed E-state index contributed by atoms with van der Waals surface area (Å²) in [5.41, 5.74) is 5.57. The Bertz CT molecular complexity index is 988. The number of aryl methyl sites for hydroxylation is 1. The van der Waals surface area contributed by atoms with Gasteiger partial charge in [-0.25, -0.2) is 4.98 Å². The van der Waals surface area contributed by atoms with Crippen LogP contribution in [0.25, 0.3) is 16.9 Å². The highest BCUT2D eigenvalue weighted by atomic mass is 35.5. The maximum absolute atomic E-state index is 13.5. The number of pyridine rings is 2. The molecule has 0 bridgehead atoms. The van der Waals surface area contributed by atoms with Crippen LogP contribution < -0.4 is 5.73 Å². The predicted molar refractivity (Wildman–Crippen MR) is 94.7 cm³/mol. The minimum atomic E-state index is -4.57. The van der Waals surface area contributed by atoms with E-state index in [1.165, 1.54) is 41.9 Å². The molecule has 0 radical (unpaired) electrons. The van der Waals surface area contributed by atoms with Crippen molar-refractivity contribution in [3.63, 3.8) is 0 Å². The van der Waals surface area contributed by atoms with Gasteiger partial charge in [-0.2, -0.15) is 13.2 Å². The Kier molecular flexibility index (Phi) is 5.76. The van der Waals surface area contributed by atoms with E-state index in [0.29, 0.717) is 5.69 Å². The fourth-order valence-corrected chi connectivity index (χ4v) is 2.85. The number of halogens is 4. The first kappa shape index (κ1) is 20.7. The van der Waals surface area contributed by atoms with E-state index in [-0.39, 0.29) is 41.3 Å². The Labute approximate surface area is 158 Å². The standard InChI is InChI=1S/C17H15F3N4O2.ClH/c1-9-4-5-22-14(13(9)17(18,19)20)11-3-2-10(8-12(21)16(25)26)24-7-6-23-15(11)24;/h2-7,12H,8,21H2,1H3,(H,25,26);1H/t12-;/m0./s1. The molecule has 1 atom stereocenters. The lowest BCUT2D eigenvalue weighted by Crippen LogP contribution is -2.32. The number of imidazole rings is 1. The molecule has 0 aliphatic rings. The molecule has 0 aromatic carbocycles. The number of nitrogens with zero attached hydrogens (tertiary/aromatic N) is 3. The number of carboxylic acids is 1. The predicted octanol–water partition coefficient (Wildman–Crippen LogP) is 3.10. The first-order valence-corrected chi connectivity index (χ1v) is 7.66. The fraction of sp³-hybridized carbons (Fsp3) is 0.235. The van der Waals surface area contributed by atoms with Gasteiger partial charge in [0.1, 0.15) is 11.7 Å². The molecule has 3 N–H and O–H groups in total. The molecular formula is C17H16ClF3N4O2. The summed E-state index contributed by atoms with van der Waals surface area (Å²) < 4.78 is 42.1. The van der Waals surface area contributed by atoms with Crippen molar-refractivity contribution >= 4 is 24.0 Å². The molecule has 0 aliphatic carbocycles. The van der Waals surface area contributed by atoms with Gasteiger partial charge in [0.25, 0.3) is 0 Å². The van der Waals surface area contributed by atoms with Crippen molar-refractivity contribution in [1.82, 2.24) is 14.4 Å². The van der Waals surface area contributed by atoms with Gasteiger partial charge >= 0.3 is 12.1 Å². The first-order valence-electron chi connectivity index (χ1n) is 7.66. The Morgan fingerprint density at radius 2 is 1.96 bits per heavy atom. The monoisotopic (exact) mass is 400 g/mol. The number of carbonyl (C=O) groups is 1. The van der Waals surface area contributed by atoms with Crippen LogP contribution in [0.3, 0.4) is 0 Å². The van der Waals surface area contributed by atoms with E-state index < -0.39 is 23.8 Å². The molecule has 0 spiro atoms. The van der Waals surface area contributed by atoms with Gasteiger partial charge in [-0.05, 0) is 30.7 Å². The van der Waals surface area contributed by atoms with E-state index in [1.807, 2.05) is 0 Å². The summed E-state index contributed by atoms with van der Waals surface area (Å²) >= 11 is 0. The third-order valence-electron chi connectivity index (χ3n) is 4.08. The summed E-state index contributed by atoms with van der Waals surface area (Å²) in [6, 6.07) is 3.17. The van der Waals surface area contributed by atoms with Gasteiger partial charge in [-0.3, -0.25) is 9.78 Å². The minimum Gasteiger partial charge on any atom is -0.480 e. The van der Waals surface area contributed by atoms with Crippen LogP contribution in [0.4, 0.5) is 13.2 Å². The van der Waals surface area contributed by atoms with Crippen molar-refractivity contribution in [3.8, 4) is 11.3 Å². The third-order valence-corrected chi connectivity index (χ3v) is 4.08. The highest BCUT2D eigenvalue weighted by molar-refractivity contribution is 5.85. The van der Waals surface area contributed by atoms with E-state index >= 15 is 0 Å². The molecule has 0 fully saturated rings. The Hall–Kier alpha value is -2.65. The van der Waals surface area contributed by atoms with Gasteiger partial charge < -0.3 is 15.2 Å². The third kappa shape index (κ3) is 3.88. The Morgan fingerprint density at radius 3 is 2.59 bits per heavy atom. The van der Waals surface area contributed by atoms with Crippen LogP contribution in [0.5, 0.6) is 0 Å². The average Bonchev–Trinajstić information content (AvgIpc) is 3.03. The summed E-state index contributed by atoms with van der Waals surface area (Å²) in [6.45, 7) is 1.37. The lowest BCUT2D eigenvalue weighted by Gasteiger charge is -2.16. The normalized spacial score (nSPS) is 12.6. The zero-order chi connectivity index (χ0) is 19.1. The number of alkyl halides is 3. The van der Waals surface area contributed by atoms with Gasteiger partial charge in [0, 0.05) is 36.3 Å². The fourth-order valence-electron chi connectivity index (χ4n) is 2.85. The van der Waals surface area contributed by atoms with Gasteiger partial charge in [0.15, 0.2) is 0 Å². The average molecular weight is 401 g/mol. The molecule has 6 nitrogen and oxygen atoms in total. The molecule has 3 rings (SSSR count). The number of carboxylic acid groups (broad SMARTS) is 1. The summed E-state index contributed by atoms with van der Waals surface area (Å²) in [5.74, 6) is -1.16. The topological polar surface area (TPSA) is 93.5 Å². The summed E-state index contributed by atoms with van der Waals surface area (Å²) in [5, 5.41) is 8.97. The van der Waals surface area contributed by atoms with Gasteiger partial charge in [0.2, 0.25) is 0 Å². The molecule has 0 saturated heterocycles. The summed E-state index contributed by atoms with van der Waals surface area (Å²) in [4.78, 5) is 19.0. The van der Waals surface area contributed by atoms with Crippen molar-refractivity contribution in [2.45, 2.75) is 25.6 Å². The van der Waals surface area contributed by atoms with Crippen molar-refractivity contribution < 1.29 is 23.1 Å². The molecule has 3 heterocycles. The lowest BCUT2D eigenvalue weighted by atomic mass is 10.0. The molecule has 0 aliphatic heterocycles. The minimum absolute atomic E-state index is 0. The van der Waals surface area contributed by atoms with Crippen LogP contribution in [0.15, 0.2) is 36.8 Å². The second-order valence-corrected chi connectivity index (χ2v) is 5.86. The van der Waals surface area contributed by atoms with E-state index in [2.05, 4.69) is 9.97 Å². The van der Waals surface area contributed by atoms with Gasteiger partial charge in [-0.1, -0.05) is 0 Å². The maximum Gasteiger partial charge on any atom is 0.418 e. The van der Waals surface area contributed by atoms with E-state index in [9.17, 15) is 18.0 Å². The maximum atomic E-state index is 13.5. The second kappa shape index (κ2) is 7.53. The Morgan fingerprint density at radius 1 is 1.26 bits per heavy atom.